The molecule has 1 rings (SSSR count). The van der Waals surface area contributed by atoms with Gasteiger partial charge in [-0.2, -0.15) is 0 Å². The van der Waals surface area contributed by atoms with Crippen molar-refractivity contribution in [2.45, 2.75) is 12.3 Å². The van der Waals surface area contributed by atoms with Gasteiger partial charge in [0.05, 0.1) is 13.4 Å². The molecule has 3 nitrogen and oxygen atoms in total. The number of carbonyl (C=O) groups is 1. The quantitative estimate of drug-likeness (QED) is 0.525. The Morgan fingerprint density at radius 3 is 2.75 bits per heavy atom. The number of halogens is 1. The molecule has 0 amide bonds. The lowest BCUT2D eigenvalue weighted by Crippen LogP contribution is -2.04. The first-order valence-electron chi connectivity index (χ1n) is 4.73. The maximum Gasteiger partial charge on any atom is 0.339 e. The summed E-state index contributed by atoms with van der Waals surface area (Å²) in [7, 11) is 1.44. The molecule has 0 aliphatic carbocycles. The lowest BCUT2D eigenvalue weighted by Gasteiger charge is -2.10. The van der Waals surface area contributed by atoms with Crippen molar-refractivity contribution in [3.8, 4) is 0 Å². The Hall–Kier alpha value is -1.29. The van der Waals surface area contributed by atoms with E-state index in [2.05, 4.69) is 15.9 Å². The van der Waals surface area contributed by atoms with Crippen LogP contribution in [0.2, 0.25) is 0 Å². The molecule has 0 bridgehead atoms. The van der Waals surface area contributed by atoms with E-state index in [1.807, 2.05) is 19.1 Å². The van der Waals surface area contributed by atoms with Crippen LogP contribution in [0, 0.1) is 6.92 Å². The van der Waals surface area contributed by atoms with E-state index in [9.17, 15) is 4.79 Å². The summed E-state index contributed by atoms with van der Waals surface area (Å²) in [5, 5.41) is 9.72. The molecule has 86 valence electrons. The summed E-state index contributed by atoms with van der Waals surface area (Å²) in [6.07, 6.45) is 1.25. The summed E-state index contributed by atoms with van der Waals surface area (Å²) in [5.74, 6) is -0.991. The molecule has 4 heteroatoms. The minimum absolute atomic E-state index is 0.167. The van der Waals surface area contributed by atoms with Crippen LogP contribution in [-0.2, 0) is 14.9 Å². The Kier molecular flexibility index (Phi) is 4.55. The monoisotopic (exact) mass is 284 g/mol. The highest BCUT2D eigenvalue weighted by Gasteiger charge is 2.15. The Morgan fingerprint density at radius 2 is 2.25 bits per heavy atom. The molecule has 0 unspecified atom stereocenters. The van der Waals surface area contributed by atoms with Gasteiger partial charge < -0.3 is 9.84 Å². The summed E-state index contributed by atoms with van der Waals surface area (Å²) in [5.41, 5.74) is 2.87. The van der Waals surface area contributed by atoms with Gasteiger partial charge in [0, 0.05) is 5.33 Å². The fraction of sp³-hybridized carbons (Fsp3) is 0.250. The first-order chi connectivity index (χ1) is 7.61. The summed E-state index contributed by atoms with van der Waals surface area (Å²) in [6, 6.07) is 5.57. The Morgan fingerprint density at radius 1 is 1.56 bits per heavy atom. The zero-order valence-corrected chi connectivity index (χ0v) is 10.7. The van der Waals surface area contributed by atoms with Gasteiger partial charge in [-0.1, -0.05) is 34.1 Å². The number of aliphatic carboxylic acids is 1. The van der Waals surface area contributed by atoms with Crippen LogP contribution < -0.4 is 0 Å². The lowest BCUT2D eigenvalue weighted by molar-refractivity contribution is -0.130. The van der Waals surface area contributed by atoms with E-state index in [4.69, 9.17) is 9.84 Å². The van der Waals surface area contributed by atoms with E-state index in [0.717, 1.165) is 11.1 Å². The lowest BCUT2D eigenvalue weighted by atomic mass is 9.98. The highest BCUT2D eigenvalue weighted by Crippen LogP contribution is 2.24. The van der Waals surface area contributed by atoms with Crippen LogP contribution in [0.1, 0.15) is 16.7 Å². The highest BCUT2D eigenvalue weighted by molar-refractivity contribution is 9.08. The standard InChI is InChI=1S/C12H13BrO3/c1-8-4-3-5-9(10(8)6-13)11(7-16-2)12(14)15/h3-5,7H,6H2,1-2H3,(H,14,15)/b11-7+. The first-order valence-corrected chi connectivity index (χ1v) is 5.85. The highest BCUT2D eigenvalue weighted by atomic mass is 79.9. The fourth-order valence-electron chi connectivity index (χ4n) is 1.48. The van der Waals surface area contributed by atoms with E-state index >= 15 is 0 Å². The van der Waals surface area contributed by atoms with Crippen LogP contribution in [0.25, 0.3) is 5.57 Å². The minimum atomic E-state index is -0.991. The molecule has 0 aromatic heterocycles. The second kappa shape index (κ2) is 5.70. The second-order valence-electron chi connectivity index (χ2n) is 3.31. The normalized spacial score (nSPS) is 11.3. The third-order valence-corrected chi connectivity index (χ3v) is 2.86. The third kappa shape index (κ3) is 2.64. The van der Waals surface area contributed by atoms with Gasteiger partial charge in [-0.05, 0) is 23.6 Å². The van der Waals surface area contributed by atoms with Crippen LogP contribution in [0.3, 0.4) is 0 Å². The average Bonchev–Trinajstić information content (AvgIpc) is 2.25. The molecule has 0 spiro atoms. The van der Waals surface area contributed by atoms with Crippen molar-refractivity contribution in [2.24, 2.45) is 0 Å². The maximum absolute atomic E-state index is 11.1. The van der Waals surface area contributed by atoms with Gasteiger partial charge in [0.1, 0.15) is 5.57 Å². The Balaban J connectivity index is 3.35. The summed E-state index contributed by atoms with van der Waals surface area (Å²) < 4.78 is 4.80. The first kappa shape index (κ1) is 12.8. The van der Waals surface area contributed by atoms with Crippen molar-refractivity contribution < 1.29 is 14.6 Å². The van der Waals surface area contributed by atoms with Crippen LogP contribution in [0.5, 0.6) is 0 Å². The number of carboxylic acids is 1. The zero-order valence-electron chi connectivity index (χ0n) is 9.16. The molecule has 16 heavy (non-hydrogen) atoms. The number of ether oxygens (including phenoxy) is 1. The predicted octanol–water partition coefficient (Wildman–Crippen LogP) is 2.96. The minimum Gasteiger partial charge on any atom is -0.503 e. The number of benzene rings is 1. The summed E-state index contributed by atoms with van der Waals surface area (Å²) in [6.45, 7) is 1.95. The van der Waals surface area contributed by atoms with Gasteiger partial charge in [0.15, 0.2) is 0 Å². The zero-order chi connectivity index (χ0) is 12.1. The number of carboxylic acid groups (broad SMARTS) is 1. The molecule has 0 saturated heterocycles. The molecule has 0 saturated carbocycles. The molecule has 0 atom stereocenters. The Bertz CT molecular complexity index is 424. The van der Waals surface area contributed by atoms with Crippen molar-refractivity contribution in [3.05, 3.63) is 41.2 Å². The topological polar surface area (TPSA) is 46.5 Å². The number of rotatable bonds is 4. The second-order valence-corrected chi connectivity index (χ2v) is 3.87. The van der Waals surface area contributed by atoms with Gasteiger partial charge in [-0.3, -0.25) is 0 Å². The van der Waals surface area contributed by atoms with Crippen LogP contribution in [-0.4, -0.2) is 18.2 Å². The maximum atomic E-state index is 11.1. The van der Waals surface area contributed by atoms with Gasteiger partial charge in [0.25, 0.3) is 0 Å². The molecular formula is C12H13BrO3. The molecule has 1 aromatic rings. The van der Waals surface area contributed by atoms with Gasteiger partial charge in [-0.25, -0.2) is 4.79 Å². The Labute approximate surface area is 103 Å². The van der Waals surface area contributed by atoms with E-state index < -0.39 is 5.97 Å². The number of aryl methyl sites for hydroxylation is 1. The van der Waals surface area contributed by atoms with Gasteiger partial charge >= 0.3 is 5.97 Å². The SMILES string of the molecule is CO/C=C(/C(=O)O)c1cccc(C)c1CBr. The molecular weight excluding hydrogens is 272 g/mol. The van der Waals surface area contributed by atoms with Crippen molar-refractivity contribution in [1.82, 2.24) is 0 Å². The van der Waals surface area contributed by atoms with Gasteiger partial charge in [0.2, 0.25) is 0 Å². The molecule has 0 aliphatic rings. The fourth-order valence-corrected chi connectivity index (χ4v) is 2.22. The number of hydrogen-bond acceptors (Lipinski definition) is 2. The molecule has 1 N–H and O–H groups in total. The van der Waals surface area contributed by atoms with Crippen molar-refractivity contribution in [3.63, 3.8) is 0 Å². The van der Waals surface area contributed by atoms with Crippen molar-refractivity contribution in [1.29, 1.82) is 0 Å². The molecule has 0 fully saturated rings. The summed E-state index contributed by atoms with van der Waals surface area (Å²) >= 11 is 3.37. The molecule has 0 radical (unpaired) electrons. The predicted molar refractivity (Wildman–Crippen MR) is 66.4 cm³/mol. The van der Waals surface area contributed by atoms with E-state index in [0.29, 0.717) is 10.9 Å². The van der Waals surface area contributed by atoms with Crippen LogP contribution in [0.4, 0.5) is 0 Å². The van der Waals surface area contributed by atoms with Crippen molar-refractivity contribution >= 4 is 27.5 Å². The van der Waals surface area contributed by atoms with E-state index in [-0.39, 0.29) is 5.57 Å². The molecule has 1 aromatic carbocycles. The molecule has 0 aliphatic heterocycles. The van der Waals surface area contributed by atoms with Crippen LogP contribution in [0.15, 0.2) is 24.5 Å². The van der Waals surface area contributed by atoms with Gasteiger partial charge in [-0.15, -0.1) is 0 Å². The molecule has 0 heterocycles. The summed E-state index contributed by atoms with van der Waals surface area (Å²) in [4.78, 5) is 11.1. The largest absolute Gasteiger partial charge is 0.503 e. The number of methoxy groups -OCH3 is 1. The average molecular weight is 285 g/mol. The number of hydrogen-bond donors (Lipinski definition) is 1. The van der Waals surface area contributed by atoms with E-state index in [1.165, 1.54) is 13.4 Å². The third-order valence-electron chi connectivity index (χ3n) is 2.30. The number of alkyl halides is 1. The smallest absolute Gasteiger partial charge is 0.339 e. The van der Waals surface area contributed by atoms with Crippen molar-refractivity contribution in [2.75, 3.05) is 7.11 Å². The van der Waals surface area contributed by atoms with Crippen LogP contribution >= 0.6 is 15.9 Å². The van der Waals surface area contributed by atoms with E-state index in [1.54, 1.807) is 6.07 Å².